The fourth-order valence-electron chi connectivity index (χ4n) is 3.07. The number of rotatable bonds is 2. The Morgan fingerprint density at radius 1 is 1.21 bits per heavy atom. The van der Waals surface area contributed by atoms with E-state index in [2.05, 4.69) is 48.1 Å². The average molecular weight is 340 g/mol. The largest absolute Gasteiger partial charge is 0.273 e. The first-order chi connectivity index (χ1) is 11.5. The van der Waals surface area contributed by atoms with Crippen LogP contribution in [0, 0.1) is 13.8 Å². The topological polar surface area (TPSA) is 36.7 Å². The van der Waals surface area contributed by atoms with Crippen molar-refractivity contribution in [3.05, 3.63) is 59.7 Å². The molecule has 24 heavy (non-hydrogen) atoms. The van der Waals surface area contributed by atoms with E-state index < -0.39 is 0 Å². The number of allylic oxidation sites excluding steroid dienone is 1. The molecule has 0 atom stereocenters. The van der Waals surface area contributed by atoms with Gasteiger partial charge in [-0.25, -0.2) is 10.0 Å². The van der Waals surface area contributed by atoms with E-state index in [1.54, 1.807) is 6.08 Å². The van der Waals surface area contributed by atoms with Crippen molar-refractivity contribution in [3.63, 3.8) is 0 Å². The number of hydrogen-bond donors (Lipinski definition) is 0. The third kappa shape index (κ3) is 2.41. The molecule has 0 aliphatic carbocycles. The molecule has 0 N–H and O–H groups in total. The lowest BCUT2D eigenvalue weighted by atomic mass is 10.0. The zero-order chi connectivity index (χ0) is 16.8. The highest BCUT2D eigenvalue weighted by atomic mass is 35.5. The van der Waals surface area contributed by atoms with Crippen LogP contribution in [0.4, 0.5) is 5.69 Å². The van der Waals surface area contributed by atoms with Crippen molar-refractivity contribution in [2.24, 2.45) is 12.0 Å². The fourth-order valence-corrected chi connectivity index (χ4v) is 3.21. The zero-order valence-corrected chi connectivity index (χ0v) is 14.6. The van der Waals surface area contributed by atoms with E-state index >= 15 is 0 Å². The van der Waals surface area contributed by atoms with Crippen LogP contribution in [0.1, 0.15) is 11.1 Å². The summed E-state index contributed by atoms with van der Waals surface area (Å²) < 4.78 is 1.86. The van der Waals surface area contributed by atoms with E-state index in [-0.39, 0.29) is 0 Å². The van der Waals surface area contributed by atoms with E-state index in [9.17, 15) is 0 Å². The first-order valence-electron chi connectivity index (χ1n) is 7.83. The minimum Gasteiger partial charge on any atom is -0.273 e. The second-order valence-electron chi connectivity index (χ2n) is 6.09. The number of fused-ring (bicyclic) bond motifs is 1. The van der Waals surface area contributed by atoms with Crippen LogP contribution in [0.25, 0.3) is 11.3 Å². The van der Waals surface area contributed by atoms with Gasteiger partial charge in [0.05, 0.1) is 12.7 Å². The molecule has 0 unspecified atom stereocenters. The monoisotopic (exact) mass is 339 g/mol. The summed E-state index contributed by atoms with van der Waals surface area (Å²) in [6.45, 7) is 4.95. The molecule has 122 valence electrons. The lowest BCUT2D eigenvalue weighted by molar-refractivity contribution is 0.462. The number of hydrazine groups is 1. The predicted octanol–water partition coefficient (Wildman–Crippen LogP) is 3.75. The van der Waals surface area contributed by atoms with E-state index in [4.69, 9.17) is 16.7 Å². The minimum absolute atomic E-state index is 0.500. The van der Waals surface area contributed by atoms with Gasteiger partial charge in [-0.15, -0.1) is 0 Å². The summed E-state index contributed by atoms with van der Waals surface area (Å²) in [5, 5.41) is 9.39. The molecule has 1 aromatic heterocycles. The quantitative estimate of drug-likeness (QED) is 0.836. The molecule has 0 amide bonds. The molecule has 0 saturated carbocycles. The van der Waals surface area contributed by atoms with Crippen LogP contribution in [-0.2, 0) is 7.05 Å². The summed E-state index contributed by atoms with van der Waals surface area (Å²) in [5.41, 5.74) is 5.61. The lowest BCUT2D eigenvalue weighted by Gasteiger charge is -2.30. The Labute approximate surface area is 146 Å². The Bertz CT molecular complexity index is 906. The molecule has 0 saturated heterocycles. The molecule has 0 radical (unpaired) electrons. The molecule has 4 rings (SSSR count). The van der Waals surface area contributed by atoms with Gasteiger partial charge in [0, 0.05) is 18.8 Å². The van der Waals surface area contributed by atoms with Crippen LogP contribution in [0.15, 0.2) is 53.6 Å². The van der Waals surface area contributed by atoms with Gasteiger partial charge in [-0.1, -0.05) is 29.3 Å². The summed E-state index contributed by atoms with van der Waals surface area (Å²) in [7, 11) is 1.95. The summed E-state index contributed by atoms with van der Waals surface area (Å²) in [4.78, 5) is 4.37. The number of aliphatic imine (C=N–C) groups is 1. The van der Waals surface area contributed by atoms with Crippen LogP contribution in [0.5, 0.6) is 0 Å². The summed E-state index contributed by atoms with van der Waals surface area (Å²) in [6.07, 6.45) is 7.84. The Morgan fingerprint density at radius 2 is 2.04 bits per heavy atom. The minimum atomic E-state index is 0.500. The number of benzene rings is 1. The second kappa shape index (κ2) is 5.53. The number of aromatic nitrogens is 2. The SMILES string of the molecule is Cc1ccc(C)c(-c2nn(C)cc2N2CC=C3N=C(Cl)C=CN32)c1. The molecule has 5 nitrogen and oxygen atoms in total. The highest BCUT2D eigenvalue weighted by Gasteiger charge is 2.28. The first-order valence-corrected chi connectivity index (χ1v) is 8.21. The van der Waals surface area contributed by atoms with E-state index in [1.165, 1.54) is 11.1 Å². The van der Waals surface area contributed by atoms with Crippen LogP contribution >= 0.6 is 11.6 Å². The van der Waals surface area contributed by atoms with Gasteiger partial charge in [0.2, 0.25) is 0 Å². The summed E-state index contributed by atoms with van der Waals surface area (Å²) >= 11 is 6.01. The molecule has 3 heterocycles. The van der Waals surface area contributed by atoms with Crippen LogP contribution in [-0.4, -0.2) is 26.5 Å². The van der Waals surface area contributed by atoms with Crippen molar-refractivity contribution < 1.29 is 0 Å². The Kier molecular flexibility index (Phi) is 3.46. The first kappa shape index (κ1) is 15.0. The van der Waals surface area contributed by atoms with Gasteiger partial charge in [0.15, 0.2) is 5.82 Å². The molecule has 0 spiro atoms. The van der Waals surface area contributed by atoms with E-state index in [1.807, 2.05) is 29.1 Å². The predicted molar refractivity (Wildman–Crippen MR) is 97.8 cm³/mol. The normalized spacial score (nSPS) is 16.3. The molecule has 1 aromatic carbocycles. The van der Waals surface area contributed by atoms with Crippen molar-refractivity contribution in [1.82, 2.24) is 14.8 Å². The second-order valence-corrected chi connectivity index (χ2v) is 6.48. The molecule has 2 aromatic rings. The molecule has 6 heteroatoms. The third-order valence-corrected chi connectivity index (χ3v) is 4.46. The van der Waals surface area contributed by atoms with Crippen molar-refractivity contribution in [2.75, 3.05) is 11.6 Å². The molecule has 0 fully saturated rings. The maximum atomic E-state index is 6.01. The van der Waals surface area contributed by atoms with Crippen LogP contribution < -0.4 is 5.01 Å². The van der Waals surface area contributed by atoms with Gasteiger partial charge in [0.1, 0.15) is 16.6 Å². The van der Waals surface area contributed by atoms with Crippen molar-refractivity contribution >= 4 is 22.5 Å². The maximum Gasteiger partial charge on any atom is 0.150 e. The van der Waals surface area contributed by atoms with Gasteiger partial charge in [-0.05, 0) is 37.6 Å². The van der Waals surface area contributed by atoms with Crippen molar-refractivity contribution in [3.8, 4) is 11.3 Å². The zero-order valence-electron chi connectivity index (χ0n) is 13.9. The molecular formula is C18H18ClN5. The lowest BCUT2D eigenvalue weighted by Crippen LogP contribution is -2.34. The number of anilines is 1. The Balaban J connectivity index is 1.79. The van der Waals surface area contributed by atoms with Crippen LogP contribution in [0.3, 0.4) is 0 Å². The number of nitrogens with zero attached hydrogens (tertiary/aromatic N) is 5. The van der Waals surface area contributed by atoms with Crippen molar-refractivity contribution in [1.29, 1.82) is 0 Å². The highest BCUT2D eigenvalue weighted by molar-refractivity contribution is 6.68. The average Bonchev–Trinajstić information content (AvgIpc) is 3.12. The van der Waals surface area contributed by atoms with Crippen molar-refractivity contribution in [2.45, 2.75) is 13.8 Å². The molecule has 0 bridgehead atoms. The molecular weight excluding hydrogens is 322 g/mol. The Morgan fingerprint density at radius 3 is 2.88 bits per heavy atom. The van der Waals surface area contributed by atoms with Gasteiger partial charge in [-0.3, -0.25) is 9.69 Å². The third-order valence-electron chi connectivity index (χ3n) is 4.25. The van der Waals surface area contributed by atoms with Crippen LogP contribution in [0.2, 0.25) is 0 Å². The maximum absolute atomic E-state index is 6.01. The van der Waals surface area contributed by atoms with Gasteiger partial charge < -0.3 is 0 Å². The number of hydrogen-bond acceptors (Lipinski definition) is 4. The number of halogens is 1. The van der Waals surface area contributed by atoms with Gasteiger partial charge in [0.25, 0.3) is 0 Å². The number of aryl methyl sites for hydroxylation is 3. The molecule has 2 aliphatic rings. The van der Waals surface area contributed by atoms with E-state index in [0.717, 1.165) is 29.3 Å². The fraction of sp³-hybridized carbons (Fsp3) is 0.222. The van der Waals surface area contributed by atoms with Gasteiger partial charge in [-0.2, -0.15) is 5.10 Å². The summed E-state index contributed by atoms with van der Waals surface area (Å²) in [6, 6.07) is 6.45. The highest BCUT2D eigenvalue weighted by Crippen LogP contribution is 2.36. The smallest absolute Gasteiger partial charge is 0.150 e. The molecule has 2 aliphatic heterocycles. The Hall–Kier alpha value is -2.53. The summed E-state index contributed by atoms with van der Waals surface area (Å²) in [5.74, 6) is 0.846. The van der Waals surface area contributed by atoms with E-state index in [0.29, 0.717) is 5.17 Å². The standard InChI is InChI=1S/C18H18ClN5/c1-12-4-5-13(2)14(10-12)18-15(11-22(3)21-18)23-9-7-17-20-16(19)6-8-24(17)23/h4-8,10-11H,9H2,1-3H3. The van der Waals surface area contributed by atoms with Gasteiger partial charge >= 0.3 is 0 Å².